The molecule has 1 saturated heterocycles. The molecular weight excluding hydrogens is 611 g/mol. The van der Waals surface area contributed by atoms with Crippen LogP contribution in [0.5, 0.6) is 11.5 Å². The van der Waals surface area contributed by atoms with Crippen LogP contribution in [0.15, 0.2) is 59.5 Å². The van der Waals surface area contributed by atoms with Crippen molar-refractivity contribution >= 4 is 63.2 Å². The van der Waals surface area contributed by atoms with Gasteiger partial charge < -0.3 is 9.47 Å². The van der Waals surface area contributed by atoms with Gasteiger partial charge in [-0.25, -0.2) is 8.78 Å². The highest BCUT2D eigenvalue weighted by Crippen LogP contribution is 2.38. The Morgan fingerprint density at radius 1 is 1.06 bits per heavy atom. The third-order valence-corrected chi connectivity index (χ3v) is 7.12. The van der Waals surface area contributed by atoms with Gasteiger partial charge in [-0.2, -0.15) is 0 Å². The Kier molecular flexibility index (Phi) is 7.98. The molecule has 0 aromatic heterocycles. The highest BCUT2D eigenvalue weighted by atomic mass is 127. The van der Waals surface area contributed by atoms with Gasteiger partial charge in [0, 0.05) is 5.02 Å². The molecule has 0 spiro atoms. The summed E-state index contributed by atoms with van der Waals surface area (Å²) in [5, 5.41) is -0.300. The van der Waals surface area contributed by atoms with E-state index in [1.165, 1.54) is 31.4 Å². The number of benzene rings is 3. The van der Waals surface area contributed by atoms with Crippen LogP contribution in [0, 0.1) is 15.2 Å². The van der Waals surface area contributed by atoms with Gasteiger partial charge in [0.1, 0.15) is 18.2 Å². The quantitative estimate of drug-likeness (QED) is 0.208. The summed E-state index contributed by atoms with van der Waals surface area (Å²) in [4.78, 5) is 26.7. The van der Waals surface area contributed by atoms with Gasteiger partial charge in [-0.15, -0.1) is 0 Å². The van der Waals surface area contributed by atoms with E-state index in [4.69, 9.17) is 21.1 Å². The van der Waals surface area contributed by atoms with E-state index >= 15 is 0 Å². The molecule has 35 heavy (non-hydrogen) atoms. The summed E-state index contributed by atoms with van der Waals surface area (Å²) < 4.78 is 38.5. The van der Waals surface area contributed by atoms with E-state index in [-0.39, 0.29) is 28.9 Å². The maximum absolute atomic E-state index is 13.3. The van der Waals surface area contributed by atoms with Gasteiger partial charge in [0.05, 0.1) is 22.1 Å². The molecule has 5 nitrogen and oxygen atoms in total. The first-order valence-electron chi connectivity index (χ1n) is 10.2. The van der Waals surface area contributed by atoms with Crippen LogP contribution in [0.25, 0.3) is 6.08 Å². The molecule has 3 aromatic carbocycles. The zero-order valence-corrected chi connectivity index (χ0v) is 21.9. The molecule has 3 aromatic rings. The fraction of sp³-hybridized carbons (Fsp3) is 0.120. The largest absolute Gasteiger partial charge is 0.493 e. The maximum atomic E-state index is 13.3. The maximum Gasteiger partial charge on any atom is 0.293 e. The normalized spacial score (nSPS) is 14.7. The zero-order chi connectivity index (χ0) is 25.1. The lowest BCUT2D eigenvalue weighted by molar-refractivity contribution is -0.123. The number of methoxy groups -OCH3 is 1. The lowest BCUT2D eigenvalue weighted by Gasteiger charge is -2.14. The van der Waals surface area contributed by atoms with Crippen molar-refractivity contribution in [3.8, 4) is 11.5 Å². The molecule has 180 valence electrons. The summed E-state index contributed by atoms with van der Waals surface area (Å²) in [5.74, 6) is -0.334. The topological polar surface area (TPSA) is 55.8 Å². The van der Waals surface area contributed by atoms with E-state index in [2.05, 4.69) is 22.6 Å². The van der Waals surface area contributed by atoms with Gasteiger partial charge in [-0.1, -0.05) is 29.8 Å². The molecule has 1 aliphatic heterocycles. The minimum Gasteiger partial charge on any atom is -0.493 e. The fourth-order valence-corrected chi connectivity index (χ4v) is 5.15. The molecule has 0 unspecified atom stereocenters. The Hall–Kier alpha value is -2.63. The lowest BCUT2D eigenvalue weighted by atomic mass is 10.1. The molecule has 0 saturated carbocycles. The molecule has 2 amide bonds. The number of ether oxygens (including phenoxy) is 2. The minimum atomic E-state index is -0.499. The number of imide groups is 1. The predicted octanol–water partition coefficient (Wildman–Crippen LogP) is 7.05. The number of carbonyl (C=O) groups excluding carboxylic acids is 2. The molecule has 0 radical (unpaired) electrons. The Morgan fingerprint density at radius 2 is 1.77 bits per heavy atom. The van der Waals surface area contributed by atoms with Crippen LogP contribution in [-0.2, 0) is 17.9 Å². The summed E-state index contributed by atoms with van der Waals surface area (Å²) in [5.41, 5.74) is 1.91. The van der Waals surface area contributed by atoms with Crippen LogP contribution < -0.4 is 9.47 Å². The number of carbonyl (C=O) groups is 2. The van der Waals surface area contributed by atoms with Gasteiger partial charge in [-0.3, -0.25) is 14.5 Å². The Morgan fingerprint density at radius 3 is 2.46 bits per heavy atom. The first kappa shape index (κ1) is 25.5. The molecular formula is C25H17ClF2INO4S. The fourth-order valence-electron chi connectivity index (χ4n) is 3.31. The monoisotopic (exact) mass is 627 g/mol. The van der Waals surface area contributed by atoms with Crippen molar-refractivity contribution in [3.05, 3.63) is 96.4 Å². The third kappa shape index (κ3) is 5.96. The molecule has 0 N–H and O–H groups in total. The van der Waals surface area contributed by atoms with Crippen molar-refractivity contribution in [1.29, 1.82) is 0 Å². The number of hydrogen-bond acceptors (Lipinski definition) is 5. The van der Waals surface area contributed by atoms with Crippen LogP contribution in [0.1, 0.15) is 16.7 Å². The summed E-state index contributed by atoms with van der Waals surface area (Å²) in [7, 11) is 1.50. The lowest BCUT2D eigenvalue weighted by Crippen LogP contribution is -2.27. The number of nitrogens with zero attached hydrogens (tertiary/aromatic N) is 1. The van der Waals surface area contributed by atoms with E-state index < -0.39 is 17.0 Å². The minimum absolute atomic E-state index is 0.0574. The number of halogens is 4. The summed E-state index contributed by atoms with van der Waals surface area (Å²) in [6.45, 7) is 0.162. The molecule has 1 fully saturated rings. The van der Waals surface area contributed by atoms with E-state index in [0.29, 0.717) is 22.6 Å². The molecule has 1 heterocycles. The molecule has 4 rings (SSSR count). The van der Waals surface area contributed by atoms with Gasteiger partial charge in [-0.05, 0) is 93.5 Å². The van der Waals surface area contributed by atoms with E-state index in [1.807, 2.05) is 0 Å². The van der Waals surface area contributed by atoms with Gasteiger partial charge in [0.15, 0.2) is 11.5 Å². The highest BCUT2D eigenvalue weighted by Gasteiger charge is 2.35. The first-order valence-corrected chi connectivity index (χ1v) is 12.5. The second kappa shape index (κ2) is 11.0. The highest BCUT2D eigenvalue weighted by molar-refractivity contribution is 14.1. The Labute approximate surface area is 223 Å². The summed E-state index contributed by atoms with van der Waals surface area (Å²) >= 11 is 8.96. The average molecular weight is 628 g/mol. The van der Waals surface area contributed by atoms with Gasteiger partial charge in [0.2, 0.25) is 0 Å². The SMILES string of the molecule is COc1cc(/C=C2\SC(=O)N(Cc3ccc(F)cc3Cl)C2=O)cc(I)c1OCc1ccc(F)cc1. The van der Waals surface area contributed by atoms with Crippen LogP contribution in [0.3, 0.4) is 0 Å². The Bertz CT molecular complexity index is 1330. The van der Waals surface area contributed by atoms with Crippen LogP contribution in [0.4, 0.5) is 13.6 Å². The van der Waals surface area contributed by atoms with Crippen molar-refractivity contribution in [1.82, 2.24) is 4.90 Å². The summed E-state index contributed by atoms with van der Waals surface area (Å²) in [6, 6.07) is 13.3. The number of hydrogen-bond donors (Lipinski definition) is 0. The van der Waals surface area contributed by atoms with Crippen molar-refractivity contribution in [2.45, 2.75) is 13.2 Å². The number of rotatable bonds is 7. The average Bonchev–Trinajstić information content (AvgIpc) is 3.08. The smallest absolute Gasteiger partial charge is 0.293 e. The van der Waals surface area contributed by atoms with E-state index in [9.17, 15) is 18.4 Å². The second-order valence-corrected chi connectivity index (χ2v) is 10.0. The number of amides is 2. The number of thioether (sulfide) groups is 1. The zero-order valence-electron chi connectivity index (χ0n) is 18.2. The van der Waals surface area contributed by atoms with E-state index in [1.54, 1.807) is 30.3 Å². The second-order valence-electron chi connectivity index (χ2n) is 7.45. The third-order valence-electron chi connectivity index (χ3n) is 5.06. The Balaban J connectivity index is 1.53. The van der Waals surface area contributed by atoms with Gasteiger partial charge >= 0.3 is 0 Å². The van der Waals surface area contributed by atoms with Crippen LogP contribution in [-0.4, -0.2) is 23.2 Å². The molecule has 0 atom stereocenters. The molecule has 0 aliphatic carbocycles. The van der Waals surface area contributed by atoms with Crippen LogP contribution in [0.2, 0.25) is 5.02 Å². The van der Waals surface area contributed by atoms with Gasteiger partial charge in [0.25, 0.3) is 11.1 Å². The molecule has 0 bridgehead atoms. The predicted molar refractivity (Wildman–Crippen MR) is 139 cm³/mol. The standard InChI is InChI=1S/C25H17ClF2INO4S/c1-33-21-9-15(8-20(29)23(21)34-13-14-2-5-17(27)6-3-14)10-22-24(31)30(25(32)35-22)12-16-4-7-18(28)11-19(16)26/h2-11H,12-13H2,1H3/b22-10-. The van der Waals surface area contributed by atoms with Crippen molar-refractivity contribution < 1.29 is 27.8 Å². The summed E-state index contributed by atoms with van der Waals surface area (Å²) in [6.07, 6.45) is 1.60. The molecule has 1 aliphatic rings. The van der Waals surface area contributed by atoms with E-state index in [0.717, 1.165) is 31.9 Å². The first-order chi connectivity index (χ1) is 16.7. The molecule has 10 heteroatoms. The van der Waals surface area contributed by atoms with Crippen molar-refractivity contribution in [2.75, 3.05) is 7.11 Å². The van der Waals surface area contributed by atoms with Crippen molar-refractivity contribution in [2.24, 2.45) is 0 Å². The van der Waals surface area contributed by atoms with Crippen molar-refractivity contribution in [3.63, 3.8) is 0 Å². The van der Waals surface area contributed by atoms with Crippen LogP contribution >= 0.6 is 46.0 Å².